The first-order valence-corrected chi connectivity index (χ1v) is 8.42. The summed E-state index contributed by atoms with van der Waals surface area (Å²) in [7, 11) is 2.08. The molecular formula is C18H27N3. The summed E-state index contributed by atoms with van der Waals surface area (Å²) in [5.74, 6) is 2.88. The van der Waals surface area contributed by atoms with Crippen molar-refractivity contribution in [2.75, 3.05) is 13.6 Å². The lowest BCUT2D eigenvalue weighted by Gasteiger charge is -2.31. The fourth-order valence-corrected chi connectivity index (χ4v) is 3.95. The molecule has 114 valence electrons. The molecule has 21 heavy (non-hydrogen) atoms. The number of nitrogens with zero attached hydrogens (tertiary/aromatic N) is 2. The quantitative estimate of drug-likeness (QED) is 0.909. The van der Waals surface area contributed by atoms with E-state index in [1.807, 2.05) is 0 Å². The molecule has 2 aromatic rings. The van der Waals surface area contributed by atoms with Crippen molar-refractivity contribution in [3.8, 4) is 0 Å². The standard InChI is InChI=1S/C18H27N3/c1-3-21-17-11-7-6-10-16(17)20-18(21)12-14-8-4-5-9-15(14)13-19-2/h6-7,10-11,14-15,19H,3-5,8-9,12-13H2,1-2H3. The van der Waals surface area contributed by atoms with Gasteiger partial charge in [-0.2, -0.15) is 0 Å². The largest absolute Gasteiger partial charge is 0.328 e. The van der Waals surface area contributed by atoms with Gasteiger partial charge in [0.1, 0.15) is 5.82 Å². The zero-order chi connectivity index (χ0) is 14.7. The Balaban J connectivity index is 1.86. The molecule has 2 unspecified atom stereocenters. The van der Waals surface area contributed by atoms with Crippen molar-refractivity contribution < 1.29 is 0 Å². The Kier molecular flexibility index (Phi) is 4.59. The van der Waals surface area contributed by atoms with Crippen molar-refractivity contribution in [3.05, 3.63) is 30.1 Å². The maximum atomic E-state index is 4.91. The van der Waals surface area contributed by atoms with Gasteiger partial charge in [0.2, 0.25) is 0 Å². The molecule has 0 spiro atoms. The molecular weight excluding hydrogens is 258 g/mol. The highest BCUT2D eigenvalue weighted by atomic mass is 15.1. The highest BCUT2D eigenvalue weighted by molar-refractivity contribution is 5.75. The third-order valence-electron chi connectivity index (χ3n) is 5.03. The van der Waals surface area contributed by atoms with Crippen LogP contribution in [0.2, 0.25) is 0 Å². The number of rotatable bonds is 5. The van der Waals surface area contributed by atoms with Gasteiger partial charge in [0.25, 0.3) is 0 Å². The van der Waals surface area contributed by atoms with Gasteiger partial charge in [-0.15, -0.1) is 0 Å². The summed E-state index contributed by atoms with van der Waals surface area (Å²) in [4.78, 5) is 4.91. The number of hydrogen-bond acceptors (Lipinski definition) is 2. The number of benzene rings is 1. The van der Waals surface area contributed by atoms with E-state index in [1.165, 1.54) is 37.0 Å². The molecule has 1 aliphatic rings. The molecule has 1 N–H and O–H groups in total. The molecule has 0 radical (unpaired) electrons. The van der Waals surface area contributed by atoms with Crippen LogP contribution in [0.1, 0.15) is 38.4 Å². The van der Waals surface area contributed by atoms with Crippen molar-refractivity contribution in [2.45, 2.75) is 45.6 Å². The topological polar surface area (TPSA) is 29.9 Å². The van der Waals surface area contributed by atoms with E-state index in [9.17, 15) is 0 Å². The molecule has 1 heterocycles. The summed E-state index contributed by atoms with van der Waals surface area (Å²) >= 11 is 0. The average molecular weight is 285 g/mol. The third-order valence-corrected chi connectivity index (χ3v) is 5.03. The van der Waals surface area contributed by atoms with Gasteiger partial charge < -0.3 is 9.88 Å². The van der Waals surface area contributed by atoms with Crippen LogP contribution >= 0.6 is 0 Å². The van der Waals surface area contributed by atoms with Gasteiger partial charge in [0.05, 0.1) is 11.0 Å². The molecule has 1 aliphatic carbocycles. The molecule has 1 saturated carbocycles. The molecule has 1 aromatic heterocycles. The number of hydrogen-bond donors (Lipinski definition) is 1. The summed E-state index contributed by atoms with van der Waals surface area (Å²) in [6.45, 7) is 4.39. The molecule has 0 amide bonds. The molecule has 0 aliphatic heterocycles. The van der Waals surface area contributed by atoms with E-state index in [4.69, 9.17) is 4.98 Å². The first-order valence-electron chi connectivity index (χ1n) is 8.42. The number of fused-ring (bicyclic) bond motifs is 1. The third kappa shape index (κ3) is 2.98. The van der Waals surface area contributed by atoms with Crippen LogP contribution in [0.3, 0.4) is 0 Å². The number of aromatic nitrogens is 2. The molecule has 3 rings (SSSR count). The minimum atomic E-state index is 0.785. The Morgan fingerprint density at radius 3 is 2.71 bits per heavy atom. The number of imidazole rings is 1. The lowest BCUT2D eigenvalue weighted by atomic mass is 9.77. The Labute approximate surface area is 127 Å². The maximum absolute atomic E-state index is 4.91. The molecule has 2 atom stereocenters. The van der Waals surface area contributed by atoms with Crippen LogP contribution in [0.25, 0.3) is 11.0 Å². The second kappa shape index (κ2) is 6.61. The van der Waals surface area contributed by atoms with Crippen LogP contribution in [0.4, 0.5) is 0 Å². The Morgan fingerprint density at radius 1 is 1.19 bits per heavy atom. The number of aryl methyl sites for hydroxylation is 1. The molecule has 1 aromatic carbocycles. The lowest BCUT2D eigenvalue weighted by Crippen LogP contribution is -2.30. The van der Waals surface area contributed by atoms with Crippen molar-refractivity contribution in [1.29, 1.82) is 0 Å². The molecule has 3 nitrogen and oxygen atoms in total. The van der Waals surface area contributed by atoms with Crippen LogP contribution in [-0.2, 0) is 13.0 Å². The van der Waals surface area contributed by atoms with Gasteiger partial charge in [-0.1, -0.05) is 25.0 Å². The van der Waals surface area contributed by atoms with Gasteiger partial charge in [-0.3, -0.25) is 0 Å². The van der Waals surface area contributed by atoms with E-state index in [1.54, 1.807) is 0 Å². The van der Waals surface area contributed by atoms with Gasteiger partial charge in [-0.25, -0.2) is 4.98 Å². The molecule has 1 fully saturated rings. The normalized spacial score (nSPS) is 22.8. The Morgan fingerprint density at radius 2 is 1.95 bits per heavy atom. The van der Waals surface area contributed by atoms with Crippen molar-refractivity contribution in [3.63, 3.8) is 0 Å². The maximum Gasteiger partial charge on any atom is 0.110 e. The Hall–Kier alpha value is -1.35. The highest BCUT2D eigenvalue weighted by Gasteiger charge is 2.26. The number of para-hydroxylation sites is 2. The molecule has 0 bridgehead atoms. The predicted molar refractivity (Wildman–Crippen MR) is 88.5 cm³/mol. The summed E-state index contributed by atoms with van der Waals surface area (Å²) in [6, 6.07) is 8.53. The fourth-order valence-electron chi connectivity index (χ4n) is 3.95. The van der Waals surface area contributed by atoms with Crippen LogP contribution in [0.5, 0.6) is 0 Å². The summed E-state index contributed by atoms with van der Waals surface area (Å²) in [5.41, 5.74) is 2.44. The zero-order valence-corrected chi connectivity index (χ0v) is 13.3. The van der Waals surface area contributed by atoms with E-state index < -0.39 is 0 Å². The van der Waals surface area contributed by atoms with Gasteiger partial charge in [0.15, 0.2) is 0 Å². The second-order valence-corrected chi connectivity index (χ2v) is 6.33. The smallest absolute Gasteiger partial charge is 0.110 e. The van der Waals surface area contributed by atoms with E-state index in [0.29, 0.717) is 0 Å². The van der Waals surface area contributed by atoms with Crippen molar-refractivity contribution in [2.24, 2.45) is 11.8 Å². The van der Waals surface area contributed by atoms with E-state index in [0.717, 1.165) is 36.9 Å². The minimum absolute atomic E-state index is 0.785. The first kappa shape index (κ1) is 14.6. The SMILES string of the molecule is CCn1c(CC2CCCCC2CNC)nc2ccccc21. The van der Waals surface area contributed by atoms with Gasteiger partial charge in [0, 0.05) is 13.0 Å². The van der Waals surface area contributed by atoms with Crippen LogP contribution in [0, 0.1) is 11.8 Å². The zero-order valence-electron chi connectivity index (χ0n) is 13.3. The summed E-state index contributed by atoms with van der Waals surface area (Å²) < 4.78 is 2.40. The highest BCUT2D eigenvalue weighted by Crippen LogP contribution is 2.32. The van der Waals surface area contributed by atoms with Crippen LogP contribution < -0.4 is 5.32 Å². The van der Waals surface area contributed by atoms with Gasteiger partial charge in [-0.05, 0) is 57.3 Å². The van der Waals surface area contributed by atoms with E-state index in [2.05, 4.69) is 48.1 Å². The fraction of sp³-hybridized carbons (Fsp3) is 0.611. The summed E-state index contributed by atoms with van der Waals surface area (Å²) in [5, 5.41) is 3.38. The van der Waals surface area contributed by atoms with Crippen LogP contribution in [-0.4, -0.2) is 23.1 Å². The average Bonchev–Trinajstić information content (AvgIpc) is 2.86. The van der Waals surface area contributed by atoms with Gasteiger partial charge >= 0.3 is 0 Å². The van der Waals surface area contributed by atoms with E-state index in [-0.39, 0.29) is 0 Å². The van der Waals surface area contributed by atoms with Crippen molar-refractivity contribution >= 4 is 11.0 Å². The predicted octanol–water partition coefficient (Wildman–Crippen LogP) is 3.62. The van der Waals surface area contributed by atoms with Crippen LogP contribution in [0.15, 0.2) is 24.3 Å². The molecule has 3 heteroatoms. The lowest BCUT2D eigenvalue weighted by molar-refractivity contribution is 0.228. The number of nitrogens with one attached hydrogen (secondary N) is 1. The van der Waals surface area contributed by atoms with Crippen molar-refractivity contribution in [1.82, 2.24) is 14.9 Å². The Bertz CT molecular complexity index is 585. The minimum Gasteiger partial charge on any atom is -0.328 e. The van der Waals surface area contributed by atoms with E-state index >= 15 is 0 Å². The summed E-state index contributed by atoms with van der Waals surface area (Å²) in [6.07, 6.45) is 6.65. The second-order valence-electron chi connectivity index (χ2n) is 6.33. The molecule has 0 saturated heterocycles. The monoisotopic (exact) mass is 285 g/mol. The first-order chi connectivity index (χ1) is 10.3.